The molecule has 25 heavy (non-hydrogen) atoms. The zero-order valence-corrected chi connectivity index (χ0v) is 14.8. The maximum absolute atomic E-state index is 12.5. The quantitative estimate of drug-likeness (QED) is 0.778. The van der Waals surface area contributed by atoms with Gasteiger partial charge in [0.15, 0.2) is 0 Å². The number of carboxylic acids is 1. The predicted molar refractivity (Wildman–Crippen MR) is 97.3 cm³/mol. The van der Waals surface area contributed by atoms with Crippen LogP contribution in [-0.4, -0.2) is 23.6 Å². The summed E-state index contributed by atoms with van der Waals surface area (Å²) in [4.78, 5) is 24.3. The average Bonchev–Trinajstić information content (AvgIpc) is 2.58. The van der Waals surface area contributed by atoms with Gasteiger partial charge in [0.05, 0.1) is 17.7 Å². The first-order chi connectivity index (χ1) is 11.9. The summed E-state index contributed by atoms with van der Waals surface area (Å²) in [5, 5.41) is 12.8. The van der Waals surface area contributed by atoms with E-state index in [1.165, 1.54) is 6.92 Å². The number of carboxylic acid groups (broad SMARTS) is 1. The summed E-state index contributed by atoms with van der Waals surface area (Å²) >= 11 is 5.98. The first kappa shape index (κ1) is 18.8. The van der Waals surface area contributed by atoms with Crippen LogP contribution in [0.3, 0.4) is 0 Å². The van der Waals surface area contributed by atoms with Crippen molar-refractivity contribution in [3.63, 3.8) is 0 Å². The molecular formula is C19H20ClNO4. The molecule has 2 aromatic rings. The lowest BCUT2D eigenvalue weighted by atomic mass is 9.79. The van der Waals surface area contributed by atoms with E-state index in [1.54, 1.807) is 48.5 Å². The van der Waals surface area contributed by atoms with Gasteiger partial charge in [-0.25, -0.2) is 0 Å². The topological polar surface area (TPSA) is 75.6 Å². The molecule has 2 aromatic carbocycles. The van der Waals surface area contributed by atoms with Gasteiger partial charge in [-0.2, -0.15) is 0 Å². The minimum absolute atomic E-state index is 0.218. The highest BCUT2D eigenvalue weighted by atomic mass is 35.5. The molecular weight excluding hydrogens is 342 g/mol. The molecule has 0 spiro atoms. The van der Waals surface area contributed by atoms with E-state index in [9.17, 15) is 14.7 Å². The van der Waals surface area contributed by atoms with E-state index in [2.05, 4.69) is 5.32 Å². The van der Waals surface area contributed by atoms with E-state index < -0.39 is 17.3 Å². The minimum Gasteiger partial charge on any atom is -0.492 e. The van der Waals surface area contributed by atoms with E-state index in [0.717, 1.165) is 0 Å². The van der Waals surface area contributed by atoms with E-state index in [-0.39, 0.29) is 6.42 Å². The molecule has 0 radical (unpaired) electrons. The SMILES string of the molecule is CCOc1ccc(Cl)cc1NC(=O)C[C@](C)(C(=O)O)c1ccccc1. The van der Waals surface area contributed by atoms with Gasteiger partial charge in [0.25, 0.3) is 0 Å². The lowest BCUT2D eigenvalue weighted by molar-refractivity contribution is -0.145. The van der Waals surface area contributed by atoms with E-state index in [4.69, 9.17) is 16.3 Å². The van der Waals surface area contributed by atoms with E-state index in [1.807, 2.05) is 6.92 Å². The normalized spacial score (nSPS) is 12.9. The number of carbonyl (C=O) groups is 2. The lowest BCUT2D eigenvalue weighted by Crippen LogP contribution is -2.36. The van der Waals surface area contributed by atoms with Crippen LogP contribution in [0, 0.1) is 0 Å². The van der Waals surface area contributed by atoms with Crippen LogP contribution < -0.4 is 10.1 Å². The molecule has 0 aliphatic carbocycles. The number of amides is 1. The Labute approximate surface area is 151 Å². The van der Waals surface area contributed by atoms with Gasteiger partial charge in [-0.15, -0.1) is 0 Å². The van der Waals surface area contributed by atoms with Crippen LogP contribution in [0.25, 0.3) is 0 Å². The molecule has 0 fully saturated rings. The fourth-order valence-electron chi connectivity index (χ4n) is 2.50. The summed E-state index contributed by atoms with van der Waals surface area (Å²) in [7, 11) is 0. The third kappa shape index (κ3) is 4.51. The first-order valence-corrected chi connectivity index (χ1v) is 8.25. The smallest absolute Gasteiger partial charge is 0.314 e. The highest BCUT2D eigenvalue weighted by Crippen LogP contribution is 2.31. The monoisotopic (exact) mass is 361 g/mol. The standard InChI is InChI=1S/C19H20ClNO4/c1-3-25-16-10-9-14(20)11-15(16)21-17(22)12-19(2,18(23)24)13-7-5-4-6-8-13/h4-11H,3,12H2,1-2H3,(H,21,22)(H,23,24)/t19-/m0/s1. The molecule has 0 saturated heterocycles. The second kappa shape index (κ2) is 8.03. The Balaban J connectivity index is 2.23. The van der Waals surface area contributed by atoms with Crippen molar-refractivity contribution < 1.29 is 19.4 Å². The fourth-order valence-corrected chi connectivity index (χ4v) is 2.68. The van der Waals surface area contributed by atoms with Crippen molar-refractivity contribution >= 4 is 29.2 Å². The maximum Gasteiger partial charge on any atom is 0.314 e. The Kier molecular flexibility index (Phi) is 6.04. The number of benzene rings is 2. The summed E-state index contributed by atoms with van der Waals surface area (Å²) in [6.45, 7) is 3.80. The Morgan fingerprint density at radius 1 is 1.20 bits per heavy atom. The molecule has 2 rings (SSSR count). The van der Waals surface area contributed by atoms with Crippen LogP contribution in [0.1, 0.15) is 25.8 Å². The molecule has 132 valence electrons. The molecule has 0 heterocycles. The van der Waals surface area contributed by atoms with Crippen LogP contribution in [0.5, 0.6) is 5.75 Å². The summed E-state index contributed by atoms with van der Waals surface area (Å²) in [5.41, 5.74) is -0.357. The Morgan fingerprint density at radius 2 is 1.88 bits per heavy atom. The first-order valence-electron chi connectivity index (χ1n) is 7.88. The van der Waals surface area contributed by atoms with Crippen molar-refractivity contribution in [3.8, 4) is 5.75 Å². The lowest BCUT2D eigenvalue weighted by Gasteiger charge is -2.25. The molecule has 0 saturated carbocycles. The molecule has 1 atom stereocenters. The van der Waals surface area contributed by atoms with Crippen LogP contribution in [0.4, 0.5) is 5.69 Å². The third-order valence-corrected chi connectivity index (χ3v) is 4.15. The van der Waals surface area contributed by atoms with Crippen LogP contribution in [0.15, 0.2) is 48.5 Å². The number of hydrogen-bond acceptors (Lipinski definition) is 3. The predicted octanol–water partition coefficient (Wildman–Crippen LogP) is 4.11. The molecule has 1 amide bonds. The van der Waals surface area contributed by atoms with E-state index >= 15 is 0 Å². The number of anilines is 1. The van der Waals surface area contributed by atoms with Gasteiger partial charge in [0.2, 0.25) is 5.91 Å². The highest BCUT2D eigenvalue weighted by molar-refractivity contribution is 6.31. The fraction of sp³-hybridized carbons (Fsp3) is 0.263. The zero-order chi connectivity index (χ0) is 18.4. The van der Waals surface area contributed by atoms with Gasteiger partial charge in [-0.1, -0.05) is 41.9 Å². The van der Waals surface area contributed by atoms with Gasteiger partial charge < -0.3 is 15.2 Å². The van der Waals surface area contributed by atoms with Gasteiger partial charge in [-0.3, -0.25) is 9.59 Å². The van der Waals surface area contributed by atoms with Crippen LogP contribution >= 0.6 is 11.6 Å². The van der Waals surface area contributed by atoms with Crippen molar-refractivity contribution in [2.75, 3.05) is 11.9 Å². The number of aliphatic carboxylic acids is 1. The molecule has 2 N–H and O–H groups in total. The average molecular weight is 362 g/mol. The zero-order valence-electron chi connectivity index (χ0n) is 14.1. The van der Waals surface area contributed by atoms with Gasteiger partial charge in [0.1, 0.15) is 5.75 Å². The molecule has 0 aromatic heterocycles. The minimum atomic E-state index is -1.34. The Morgan fingerprint density at radius 3 is 2.48 bits per heavy atom. The summed E-state index contributed by atoms with van der Waals surface area (Å²) < 4.78 is 5.47. The van der Waals surface area contributed by atoms with Crippen molar-refractivity contribution in [1.82, 2.24) is 0 Å². The molecule has 6 heteroatoms. The van der Waals surface area contributed by atoms with Gasteiger partial charge in [0, 0.05) is 11.4 Å². The van der Waals surface area contributed by atoms with E-state index in [0.29, 0.717) is 28.6 Å². The van der Waals surface area contributed by atoms with Crippen molar-refractivity contribution in [3.05, 3.63) is 59.1 Å². The largest absolute Gasteiger partial charge is 0.492 e. The molecule has 0 unspecified atom stereocenters. The van der Waals surface area contributed by atoms with Gasteiger partial charge in [-0.05, 0) is 37.6 Å². The van der Waals surface area contributed by atoms with Crippen molar-refractivity contribution in [1.29, 1.82) is 0 Å². The summed E-state index contributed by atoms with van der Waals surface area (Å²) in [5.74, 6) is -1.01. The highest BCUT2D eigenvalue weighted by Gasteiger charge is 2.37. The number of carbonyl (C=O) groups excluding carboxylic acids is 1. The Hall–Kier alpha value is -2.53. The number of ether oxygens (including phenoxy) is 1. The number of hydrogen-bond donors (Lipinski definition) is 2. The number of rotatable bonds is 7. The third-order valence-electron chi connectivity index (χ3n) is 3.91. The summed E-state index contributed by atoms with van der Waals surface area (Å²) in [6, 6.07) is 13.6. The number of nitrogens with one attached hydrogen (secondary N) is 1. The van der Waals surface area contributed by atoms with Crippen molar-refractivity contribution in [2.24, 2.45) is 0 Å². The van der Waals surface area contributed by atoms with Crippen LogP contribution in [-0.2, 0) is 15.0 Å². The van der Waals surface area contributed by atoms with Crippen LogP contribution in [0.2, 0.25) is 5.02 Å². The second-order valence-corrected chi connectivity index (χ2v) is 6.24. The second-order valence-electron chi connectivity index (χ2n) is 5.80. The van der Waals surface area contributed by atoms with Gasteiger partial charge >= 0.3 is 5.97 Å². The Bertz CT molecular complexity index is 763. The molecule has 0 aliphatic rings. The molecule has 5 nitrogen and oxygen atoms in total. The molecule has 0 bridgehead atoms. The van der Waals surface area contributed by atoms with Crippen molar-refractivity contribution in [2.45, 2.75) is 25.7 Å². The number of halogens is 1. The molecule has 0 aliphatic heterocycles. The maximum atomic E-state index is 12.5. The summed E-state index contributed by atoms with van der Waals surface area (Å²) in [6.07, 6.45) is -0.218.